The summed E-state index contributed by atoms with van der Waals surface area (Å²) in [7, 11) is 0. The predicted molar refractivity (Wildman–Crippen MR) is 41.4 cm³/mol. The van der Waals surface area contributed by atoms with Gasteiger partial charge in [-0.15, -0.1) is 0 Å². The fourth-order valence-corrected chi connectivity index (χ4v) is 0.553. The maximum absolute atomic E-state index is 8.86. The molecule has 8 heavy (non-hydrogen) atoms. The third-order valence-corrected chi connectivity index (χ3v) is 1.71. The molecule has 0 aliphatic carbocycles. The zero-order valence-electron chi connectivity index (χ0n) is 4.93. The molecule has 0 amide bonds. The molecule has 0 aromatic rings. The summed E-state index contributed by atoms with van der Waals surface area (Å²) in [6, 6.07) is 0. The smallest absolute Gasteiger partial charge is 0.0862 e. The largest absolute Gasteiger partial charge is 0.390 e. The molecule has 1 unspecified atom stereocenters. The van der Waals surface area contributed by atoms with Crippen LogP contribution >= 0.6 is 22.6 Å². The van der Waals surface area contributed by atoms with Gasteiger partial charge in [0.1, 0.15) is 0 Å². The van der Waals surface area contributed by atoms with Gasteiger partial charge in [-0.2, -0.15) is 0 Å². The maximum Gasteiger partial charge on any atom is 0.0862 e. The van der Waals surface area contributed by atoms with Gasteiger partial charge in [0.05, 0.1) is 12.7 Å². The van der Waals surface area contributed by atoms with Gasteiger partial charge in [-0.1, -0.05) is 22.6 Å². The second-order valence-corrected chi connectivity index (χ2v) is 2.35. The molecule has 0 saturated carbocycles. The second kappa shape index (κ2) is 5.78. The molecule has 50 valence electrons. The average Bonchev–Trinajstić information content (AvgIpc) is 1.83. The Morgan fingerprint density at radius 2 is 2.38 bits per heavy atom. The fourth-order valence-electron chi connectivity index (χ4n) is 0.298. The standard InChI is InChI=1S/C5H11IO2/c1-2-8-4-5(7)3-6/h5,7H,2-4H2,1H3. The summed E-state index contributed by atoms with van der Waals surface area (Å²) >= 11 is 2.12. The van der Waals surface area contributed by atoms with Crippen LogP contribution in [0.2, 0.25) is 0 Å². The van der Waals surface area contributed by atoms with Gasteiger partial charge in [-0.25, -0.2) is 0 Å². The minimum absolute atomic E-state index is 0.282. The van der Waals surface area contributed by atoms with E-state index in [1.807, 2.05) is 6.92 Å². The number of ether oxygens (including phenoxy) is 1. The van der Waals surface area contributed by atoms with Crippen LogP contribution in [-0.4, -0.2) is 28.9 Å². The topological polar surface area (TPSA) is 29.5 Å². The zero-order valence-corrected chi connectivity index (χ0v) is 7.09. The summed E-state index contributed by atoms with van der Waals surface area (Å²) < 4.78 is 5.68. The molecule has 0 aliphatic rings. The van der Waals surface area contributed by atoms with Gasteiger partial charge in [0.2, 0.25) is 0 Å². The molecule has 0 aromatic carbocycles. The van der Waals surface area contributed by atoms with E-state index in [-0.39, 0.29) is 6.10 Å². The number of aliphatic hydroxyl groups is 1. The lowest BCUT2D eigenvalue weighted by atomic mass is 10.4. The Labute approximate surface area is 63.4 Å². The summed E-state index contributed by atoms with van der Waals surface area (Å²) in [6.45, 7) is 3.08. The van der Waals surface area contributed by atoms with E-state index in [1.165, 1.54) is 0 Å². The lowest BCUT2D eigenvalue weighted by Gasteiger charge is -2.04. The highest BCUT2D eigenvalue weighted by atomic mass is 127. The Morgan fingerprint density at radius 1 is 1.75 bits per heavy atom. The molecule has 0 aliphatic heterocycles. The highest BCUT2D eigenvalue weighted by molar-refractivity contribution is 14.1. The van der Waals surface area contributed by atoms with Crippen molar-refractivity contribution in [3.63, 3.8) is 0 Å². The Bertz CT molecular complexity index is 49.7. The summed E-state index contributed by atoms with van der Waals surface area (Å²) in [5.74, 6) is 0. The van der Waals surface area contributed by atoms with Crippen molar-refractivity contribution < 1.29 is 9.84 Å². The summed E-state index contributed by atoms with van der Waals surface area (Å²) in [5.41, 5.74) is 0. The molecular weight excluding hydrogens is 219 g/mol. The van der Waals surface area contributed by atoms with Crippen molar-refractivity contribution in [2.45, 2.75) is 13.0 Å². The van der Waals surface area contributed by atoms with E-state index in [9.17, 15) is 0 Å². The Hall–Kier alpha value is 0.650. The maximum atomic E-state index is 8.86. The molecule has 0 fully saturated rings. The number of hydrogen-bond acceptors (Lipinski definition) is 2. The van der Waals surface area contributed by atoms with Crippen LogP contribution in [0.1, 0.15) is 6.92 Å². The van der Waals surface area contributed by atoms with Crippen molar-refractivity contribution in [3.8, 4) is 0 Å². The number of halogens is 1. The van der Waals surface area contributed by atoms with Crippen LogP contribution in [0.3, 0.4) is 0 Å². The molecule has 0 aromatic heterocycles. The lowest BCUT2D eigenvalue weighted by molar-refractivity contribution is 0.0565. The number of hydrogen-bond donors (Lipinski definition) is 1. The van der Waals surface area contributed by atoms with E-state index in [4.69, 9.17) is 9.84 Å². The van der Waals surface area contributed by atoms with Crippen LogP contribution in [0.25, 0.3) is 0 Å². The molecule has 0 rings (SSSR count). The fraction of sp³-hybridized carbons (Fsp3) is 1.00. The van der Waals surface area contributed by atoms with Gasteiger partial charge in [-0.3, -0.25) is 0 Å². The van der Waals surface area contributed by atoms with Crippen molar-refractivity contribution in [2.24, 2.45) is 0 Å². The van der Waals surface area contributed by atoms with Crippen LogP contribution in [0.4, 0.5) is 0 Å². The highest BCUT2D eigenvalue weighted by Crippen LogP contribution is 1.90. The minimum Gasteiger partial charge on any atom is -0.390 e. The van der Waals surface area contributed by atoms with Crippen LogP contribution in [0, 0.1) is 0 Å². The first-order valence-corrected chi connectivity index (χ1v) is 4.15. The molecule has 0 saturated heterocycles. The molecule has 0 radical (unpaired) electrons. The Kier molecular flexibility index (Phi) is 6.25. The van der Waals surface area contributed by atoms with E-state index in [0.29, 0.717) is 13.2 Å². The molecule has 0 bridgehead atoms. The molecule has 0 spiro atoms. The van der Waals surface area contributed by atoms with E-state index >= 15 is 0 Å². The molecule has 1 atom stereocenters. The summed E-state index contributed by atoms with van der Waals surface area (Å²) in [6.07, 6.45) is -0.282. The Balaban J connectivity index is 2.86. The normalized spacial score (nSPS) is 13.9. The van der Waals surface area contributed by atoms with Crippen molar-refractivity contribution in [1.29, 1.82) is 0 Å². The molecule has 3 heteroatoms. The SMILES string of the molecule is CCOCC(O)CI. The lowest BCUT2D eigenvalue weighted by Crippen LogP contribution is -2.15. The summed E-state index contributed by atoms with van der Waals surface area (Å²) in [4.78, 5) is 0. The number of aliphatic hydroxyl groups excluding tert-OH is 1. The van der Waals surface area contributed by atoms with E-state index in [0.717, 1.165) is 4.43 Å². The van der Waals surface area contributed by atoms with Gasteiger partial charge >= 0.3 is 0 Å². The first-order chi connectivity index (χ1) is 3.81. The first kappa shape index (κ1) is 8.65. The van der Waals surface area contributed by atoms with E-state index in [2.05, 4.69) is 22.6 Å². The molecule has 0 heterocycles. The van der Waals surface area contributed by atoms with Gasteiger partial charge in [-0.05, 0) is 6.92 Å². The Morgan fingerprint density at radius 3 is 2.75 bits per heavy atom. The van der Waals surface area contributed by atoms with Crippen LogP contribution in [0.5, 0.6) is 0 Å². The van der Waals surface area contributed by atoms with Crippen molar-refractivity contribution in [1.82, 2.24) is 0 Å². The monoisotopic (exact) mass is 230 g/mol. The molecule has 1 N–H and O–H groups in total. The van der Waals surface area contributed by atoms with Gasteiger partial charge in [0.15, 0.2) is 0 Å². The third-order valence-electron chi connectivity index (χ3n) is 0.692. The third kappa shape index (κ3) is 4.80. The van der Waals surface area contributed by atoms with Crippen molar-refractivity contribution in [3.05, 3.63) is 0 Å². The predicted octanol–water partition coefficient (Wildman–Crippen LogP) is 0.819. The highest BCUT2D eigenvalue weighted by Gasteiger charge is 1.97. The van der Waals surface area contributed by atoms with Crippen LogP contribution in [0.15, 0.2) is 0 Å². The van der Waals surface area contributed by atoms with Crippen LogP contribution < -0.4 is 0 Å². The molecular formula is C5H11IO2. The minimum atomic E-state index is -0.282. The average molecular weight is 230 g/mol. The van der Waals surface area contributed by atoms with Gasteiger partial charge < -0.3 is 9.84 Å². The summed E-state index contributed by atoms with van der Waals surface area (Å²) in [5, 5.41) is 8.86. The van der Waals surface area contributed by atoms with Crippen LogP contribution in [-0.2, 0) is 4.74 Å². The number of rotatable bonds is 4. The molecule has 2 nitrogen and oxygen atoms in total. The van der Waals surface area contributed by atoms with Gasteiger partial charge in [0.25, 0.3) is 0 Å². The quantitative estimate of drug-likeness (QED) is 0.572. The van der Waals surface area contributed by atoms with E-state index < -0.39 is 0 Å². The van der Waals surface area contributed by atoms with Crippen molar-refractivity contribution >= 4 is 22.6 Å². The number of alkyl halides is 1. The first-order valence-electron chi connectivity index (χ1n) is 2.63. The van der Waals surface area contributed by atoms with Gasteiger partial charge in [0, 0.05) is 11.0 Å². The van der Waals surface area contributed by atoms with Crippen molar-refractivity contribution in [2.75, 3.05) is 17.6 Å². The zero-order chi connectivity index (χ0) is 6.41. The van der Waals surface area contributed by atoms with E-state index in [1.54, 1.807) is 0 Å². The second-order valence-electron chi connectivity index (χ2n) is 1.47.